The fraction of sp³-hybridized carbons (Fsp3) is 0.0185. The molecule has 56 heavy (non-hydrogen) atoms. The quantitative estimate of drug-likeness (QED) is 0.168. The Bertz CT molecular complexity index is 2980. The Morgan fingerprint density at radius 1 is 0.393 bits per heavy atom. The average Bonchev–Trinajstić information content (AvgIpc) is 3.80. The minimum absolute atomic E-state index is 0.0546. The first-order valence-corrected chi connectivity index (χ1v) is 19.3. The highest BCUT2D eigenvalue weighted by molar-refractivity contribution is 6.14. The largest absolute Gasteiger partial charge is 0.309 e. The lowest BCUT2D eigenvalue weighted by atomic mass is 9.88. The van der Waals surface area contributed by atoms with Crippen LogP contribution in [-0.4, -0.2) is 9.55 Å². The number of pyridine rings is 1. The highest BCUT2D eigenvalue weighted by atomic mass is 15.0. The van der Waals surface area contributed by atoms with Gasteiger partial charge < -0.3 is 4.57 Å². The molecular formula is C54H36N2. The Balaban J connectivity index is 1.26. The van der Waals surface area contributed by atoms with E-state index in [0.717, 1.165) is 16.9 Å². The summed E-state index contributed by atoms with van der Waals surface area (Å²) >= 11 is 0. The molecule has 0 fully saturated rings. The third-order valence-electron chi connectivity index (χ3n) is 11.5. The third kappa shape index (κ3) is 5.30. The topological polar surface area (TPSA) is 17.8 Å². The summed E-state index contributed by atoms with van der Waals surface area (Å²) in [6, 6.07) is 75.3. The second-order valence-electron chi connectivity index (χ2n) is 14.7. The van der Waals surface area contributed by atoms with Gasteiger partial charge in [0.05, 0.1) is 16.7 Å². The lowest BCUT2D eigenvalue weighted by Crippen LogP contribution is -2.03. The Hall–Kier alpha value is -7.29. The molecule has 0 spiro atoms. The predicted molar refractivity (Wildman–Crippen MR) is 233 cm³/mol. The zero-order valence-electron chi connectivity index (χ0n) is 30.7. The van der Waals surface area contributed by atoms with Gasteiger partial charge in [0, 0.05) is 34.1 Å². The van der Waals surface area contributed by atoms with E-state index in [1.165, 1.54) is 83.0 Å². The van der Waals surface area contributed by atoms with Crippen molar-refractivity contribution in [2.75, 3.05) is 0 Å². The second kappa shape index (κ2) is 13.2. The molecule has 0 N–H and O–H groups in total. The molecular weight excluding hydrogens is 677 g/mol. The smallest absolute Gasteiger partial charge is 0.0702 e. The van der Waals surface area contributed by atoms with Crippen molar-refractivity contribution in [2.24, 2.45) is 0 Å². The van der Waals surface area contributed by atoms with Crippen molar-refractivity contribution >= 4 is 21.8 Å². The molecule has 0 saturated carbocycles. The lowest BCUT2D eigenvalue weighted by molar-refractivity contribution is 1.01. The fourth-order valence-electron chi connectivity index (χ4n) is 8.96. The van der Waals surface area contributed by atoms with Crippen LogP contribution in [0.3, 0.4) is 0 Å². The first kappa shape index (κ1) is 32.2. The number of aromatic nitrogens is 2. The standard InChI is InChI=1S/C54H36N2/c1-5-15-36(16-6-1)40-24-26-45-48(34-40)46-27-28-47-49-35-41(50-23-13-14-30-55-50)25-29-51(49)56(54(47)53(46)52(45)39-21-11-4-12-22-39)44-32-42(37-17-7-2-8-18-37)31-43(33-44)38-19-9-3-10-20-38/h1-35,52H. The van der Waals surface area contributed by atoms with Crippen molar-refractivity contribution in [3.63, 3.8) is 0 Å². The van der Waals surface area contributed by atoms with Crippen molar-refractivity contribution in [1.29, 1.82) is 0 Å². The van der Waals surface area contributed by atoms with Crippen LogP contribution in [0.25, 0.3) is 83.3 Å². The van der Waals surface area contributed by atoms with Gasteiger partial charge in [-0.25, -0.2) is 0 Å². The molecule has 10 aromatic rings. The van der Waals surface area contributed by atoms with Crippen LogP contribution in [0.4, 0.5) is 0 Å². The van der Waals surface area contributed by atoms with Crippen LogP contribution in [0, 0.1) is 0 Å². The number of fused-ring (bicyclic) bond motifs is 7. The Morgan fingerprint density at radius 3 is 1.64 bits per heavy atom. The molecule has 0 bridgehead atoms. The van der Waals surface area contributed by atoms with E-state index in [4.69, 9.17) is 4.98 Å². The Kier molecular flexibility index (Phi) is 7.60. The lowest BCUT2D eigenvalue weighted by Gasteiger charge is -2.19. The van der Waals surface area contributed by atoms with E-state index in [-0.39, 0.29) is 5.92 Å². The maximum atomic E-state index is 4.75. The Morgan fingerprint density at radius 2 is 1.00 bits per heavy atom. The highest BCUT2D eigenvalue weighted by Gasteiger charge is 2.34. The van der Waals surface area contributed by atoms with Gasteiger partial charge in [-0.2, -0.15) is 0 Å². The average molecular weight is 713 g/mol. The van der Waals surface area contributed by atoms with Crippen molar-refractivity contribution in [1.82, 2.24) is 9.55 Å². The molecule has 2 nitrogen and oxygen atoms in total. The maximum absolute atomic E-state index is 4.75. The van der Waals surface area contributed by atoms with Crippen LogP contribution in [-0.2, 0) is 0 Å². The van der Waals surface area contributed by atoms with Gasteiger partial charge in [-0.15, -0.1) is 0 Å². The van der Waals surface area contributed by atoms with Crippen LogP contribution >= 0.6 is 0 Å². The van der Waals surface area contributed by atoms with Gasteiger partial charge in [-0.3, -0.25) is 4.98 Å². The minimum Gasteiger partial charge on any atom is -0.309 e. The molecule has 1 aliphatic rings. The highest BCUT2D eigenvalue weighted by Crippen LogP contribution is 2.53. The fourth-order valence-corrected chi connectivity index (χ4v) is 8.96. The zero-order chi connectivity index (χ0) is 37.0. The van der Waals surface area contributed by atoms with E-state index < -0.39 is 0 Å². The first-order chi connectivity index (χ1) is 27.8. The summed E-state index contributed by atoms with van der Waals surface area (Å²) in [7, 11) is 0. The van der Waals surface area contributed by atoms with Gasteiger partial charge in [0.1, 0.15) is 0 Å². The minimum atomic E-state index is 0.0546. The maximum Gasteiger partial charge on any atom is 0.0702 e. The molecule has 8 aromatic carbocycles. The number of hydrogen-bond acceptors (Lipinski definition) is 1. The monoisotopic (exact) mass is 712 g/mol. The summed E-state index contributed by atoms with van der Waals surface area (Å²) < 4.78 is 2.55. The summed E-state index contributed by atoms with van der Waals surface area (Å²) in [5.74, 6) is 0.0546. The van der Waals surface area contributed by atoms with Gasteiger partial charge in [0.15, 0.2) is 0 Å². The zero-order valence-corrected chi connectivity index (χ0v) is 30.7. The van der Waals surface area contributed by atoms with E-state index in [2.05, 4.69) is 205 Å². The van der Waals surface area contributed by atoms with Crippen LogP contribution < -0.4 is 0 Å². The molecule has 1 atom stereocenters. The summed E-state index contributed by atoms with van der Waals surface area (Å²) in [5, 5.41) is 2.45. The van der Waals surface area contributed by atoms with Gasteiger partial charge in [0.2, 0.25) is 0 Å². The van der Waals surface area contributed by atoms with E-state index in [1.807, 2.05) is 12.3 Å². The van der Waals surface area contributed by atoms with Crippen molar-refractivity contribution in [3.8, 4) is 61.5 Å². The van der Waals surface area contributed by atoms with Gasteiger partial charge in [-0.1, -0.05) is 158 Å². The van der Waals surface area contributed by atoms with E-state index in [9.17, 15) is 0 Å². The van der Waals surface area contributed by atoms with Crippen LogP contribution in [0.2, 0.25) is 0 Å². The second-order valence-corrected chi connectivity index (χ2v) is 14.7. The number of hydrogen-bond donors (Lipinski definition) is 0. The van der Waals surface area contributed by atoms with E-state index in [1.54, 1.807) is 0 Å². The summed E-state index contributed by atoms with van der Waals surface area (Å²) in [4.78, 5) is 4.75. The predicted octanol–water partition coefficient (Wildman–Crippen LogP) is 14.0. The number of rotatable bonds is 6. The SMILES string of the molecule is c1ccc(-c2cc(-c3ccccc3)cc(-n3c4ccc(-c5ccccn5)cc4c4ccc5c(c43)C(c3ccccc3)c3ccc(-c4ccccc4)cc3-5)c2)cc1. The van der Waals surface area contributed by atoms with Gasteiger partial charge in [0.25, 0.3) is 0 Å². The molecule has 1 unspecified atom stereocenters. The van der Waals surface area contributed by atoms with Crippen LogP contribution in [0.5, 0.6) is 0 Å². The summed E-state index contributed by atoms with van der Waals surface area (Å²) in [5.41, 5.74) is 19.4. The van der Waals surface area contributed by atoms with Gasteiger partial charge in [-0.05, 0) is 110 Å². The molecule has 1 aliphatic carbocycles. The molecule has 0 aliphatic heterocycles. The van der Waals surface area contributed by atoms with Crippen molar-refractivity contribution in [3.05, 3.63) is 229 Å². The summed E-state index contributed by atoms with van der Waals surface area (Å²) in [6.45, 7) is 0. The summed E-state index contributed by atoms with van der Waals surface area (Å²) in [6.07, 6.45) is 1.88. The van der Waals surface area contributed by atoms with Crippen LogP contribution in [0.15, 0.2) is 212 Å². The third-order valence-corrected chi connectivity index (χ3v) is 11.5. The first-order valence-electron chi connectivity index (χ1n) is 19.3. The molecule has 2 heteroatoms. The number of benzene rings is 8. The van der Waals surface area contributed by atoms with Gasteiger partial charge >= 0.3 is 0 Å². The van der Waals surface area contributed by atoms with Crippen LogP contribution in [0.1, 0.15) is 22.6 Å². The molecule has 2 aromatic heterocycles. The van der Waals surface area contributed by atoms with E-state index >= 15 is 0 Å². The number of nitrogens with zero attached hydrogens (tertiary/aromatic N) is 2. The molecule has 11 rings (SSSR count). The van der Waals surface area contributed by atoms with Crippen molar-refractivity contribution < 1.29 is 0 Å². The van der Waals surface area contributed by atoms with Crippen molar-refractivity contribution in [2.45, 2.75) is 5.92 Å². The molecule has 262 valence electrons. The molecule has 0 saturated heterocycles. The normalized spacial score (nSPS) is 13.2. The molecule has 0 radical (unpaired) electrons. The van der Waals surface area contributed by atoms with E-state index in [0.29, 0.717) is 0 Å². The molecule has 2 heterocycles. The molecule has 0 amide bonds. The Labute approximate surface area is 326 Å².